The van der Waals surface area contributed by atoms with E-state index in [-0.39, 0.29) is 11.9 Å². The summed E-state index contributed by atoms with van der Waals surface area (Å²) in [5.74, 6) is 0.519. The van der Waals surface area contributed by atoms with Crippen molar-refractivity contribution in [2.75, 3.05) is 7.11 Å². The van der Waals surface area contributed by atoms with Gasteiger partial charge in [0, 0.05) is 18.6 Å². The number of ether oxygens (including phenoxy) is 2. The zero-order valence-electron chi connectivity index (χ0n) is 15.8. The molecule has 2 aromatic rings. The molecule has 0 amide bonds. The first-order valence-electron chi connectivity index (χ1n) is 9.65. The summed E-state index contributed by atoms with van der Waals surface area (Å²) in [6, 6.07) is 14.8. The van der Waals surface area contributed by atoms with E-state index >= 15 is 0 Å². The Morgan fingerprint density at radius 3 is 2.25 bits per heavy atom. The molecule has 28 heavy (non-hydrogen) atoms. The summed E-state index contributed by atoms with van der Waals surface area (Å²) in [7, 11) is 1.37. The molecule has 3 nitrogen and oxygen atoms in total. The molecule has 2 fully saturated rings. The van der Waals surface area contributed by atoms with E-state index in [0.29, 0.717) is 17.8 Å². The fourth-order valence-corrected chi connectivity index (χ4v) is 4.49. The quantitative estimate of drug-likeness (QED) is 0.691. The van der Waals surface area contributed by atoms with Crippen molar-refractivity contribution in [1.29, 1.82) is 0 Å². The normalized spacial score (nSPS) is 24.9. The minimum Gasteiger partial charge on any atom is -0.493 e. The number of hydrogen-bond acceptors (Lipinski definition) is 3. The number of halogens is 3. The average Bonchev–Trinajstić information content (AvgIpc) is 2.90. The molecule has 2 saturated heterocycles. The summed E-state index contributed by atoms with van der Waals surface area (Å²) in [6.45, 7) is 0.937. The van der Waals surface area contributed by atoms with Gasteiger partial charge in [-0.05, 0) is 49.4 Å². The first-order valence-corrected chi connectivity index (χ1v) is 9.65. The lowest BCUT2D eigenvalue weighted by Gasteiger charge is -2.39. The largest absolute Gasteiger partial charge is 0.493 e. The lowest BCUT2D eigenvalue weighted by atomic mass is 9.98. The van der Waals surface area contributed by atoms with Crippen molar-refractivity contribution in [3.63, 3.8) is 0 Å². The third-order valence-electron chi connectivity index (χ3n) is 5.83. The van der Waals surface area contributed by atoms with Gasteiger partial charge in [-0.2, -0.15) is 13.2 Å². The number of rotatable bonds is 5. The zero-order valence-corrected chi connectivity index (χ0v) is 15.8. The minimum atomic E-state index is -4.40. The van der Waals surface area contributed by atoms with Gasteiger partial charge in [0.25, 0.3) is 0 Å². The van der Waals surface area contributed by atoms with Crippen LogP contribution in [-0.4, -0.2) is 30.2 Å². The molecule has 6 heteroatoms. The molecule has 2 aliphatic heterocycles. The van der Waals surface area contributed by atoms with Crippen LogP contribution >= 0.6 is 0 Å². The van der Waals surface area contributed by atoms with Gasteiger partial charge in [0.05, 0.1) is 12.7 Å². The lowest BCUT2D eigenvalue weighted by Crippen LogP contribution is -2.45. The van der Waals surface area contributed by atoms with E-state index in [4.69, 9.17) is 9.47 Å². The monoisotopic (exact) mass is 391 g/mol. The summed E-state index contributed by atoms with van der Waals surface area (Å²) in [5.41, 5.74) is 0.581. The predicted octanol–water partition coefficient (Wildman–Crippen LogP) is 5.29. The number of fused-ring (bicyclic) bond motifs is 2. The van der Waals surface area contributed by atoms with Crippen molar-refractivity contribution < 1.29 is 22.6 Å². The van der Waals surface area contributed by atoms with Gasteiger partial charge in [-0.3, -0.25) is 4.90 Å². The van der Waals surface area contributed by atoms with Crippen molar-refractivity contribution in [3.05, 3.63) is 59.7 Å². The molecule has 2 aliphatic rings. The summed E-state index contributed by atoms with van der Waals surface area (Å²) in [5, 5.41) is 0. The van der Waals surface area contributed by atoms with Crippen LogP contribution in [0.1, 0.15) is 36.8 Å². The molecule has 0 radical (unpaired) electrons. The van der Waals surface area contributed by atoms with E-state index in [1.54, 1.807) is 0 Å². The van der Waals surface area contributed by atoms with Crippen molar-refractivity contribution in [3.8, 4) is 11.5 Å². The Labute approximate surface area is 163 Å². The lowest BCUT2D eigenvalue weighted by molar-refractivity contribution is -0.137. The van der Waals surface area contributed by atoms with Crippen LogP contribution in [0.5, 0.6) is 11.5 Å². The maximum atomic E-state index is 12.9. The maximum absolute atomic E-state index is 12.9. The number of methoxy groups -OCH3 is 1. The van der Waals surface area contributed by atoms with Gasteiger partial charge in [-0.25, -0.2) is 0 Å². The number of nitrogens with zero attached hydrogens (tertiary/aromatic N) is 1. The van der Waals surface area contributed by atoms with Crippen LogP contribution in [0.3, 0.4) is 0 Å². The third kappa shape index (κ3) is 3.97. The smallest absolute Gasteiger partial charge is 0.416 e. The van der Waals surface area contributed by atoms with Crippen molar-refractivity contribution in [1.82, 2.24) is 4.90 Å². The molecule has 150 valence electrons. The average molecular weight is 391 g/mol. The SMILES string of the molecule is COc1cc(C(F)(F)F)ccc1OC1C[C@H]2CC[C@@H](C1)N2Cc1ccccc1. The first-order chi connectivity index (χ1) is 13.4. The topological polar surface area (TPSA) is 21.7 Å². The third-order valence-corrected chi connectivity index (χ3v) is 5.83. The van der Waals surface area contributed by atoms with Crippen LogP contribution < -0.4 is 9.47 Å². The minimum absolute atomic E-state index is 0.00448. The van der Waals surface area contributed by atoms with Gasteiger partial charge in [0.15, 0.2) is 11.5 Å². The van der Waals surface area contributed by atoms with Crippen LogP contribution in [0.25, 0.3) is 0 Å². The number of benzene rings is 2. The summed E-state index contributed by atoms with van der Waals surface area (Å²) >= 11 is 0. The Hall–Kier alpha value is -2.21. The highest BCUT2D eigenvalue weighted by Gasteiger charge is 2.41. The molecule has 2 bridgehead atoms. The molecule has 2 heterocycles. The molecule has 0 aromatic heterocycles. The Morgan fingerprint density at radius 1 is 0.964 bits per heavy atom. The van der Waals surface area contributed by atoms with Crippen LogP contribution in [0, 0.1) is 0 Å². The van der Waals surface area contributed by atoms with Gasteiger partial charge in [0.2, 0.25) is 0 Å². The fraction of sp³-hybridized carbons (Fsp3) is 0.455. The van der Waals surface area contributed by atoms with Crippen LogP contribution in [0.4, 0.5) is 13.2 Å². The van der Waals surface area contributed by atoms with Gasteiger partial charge >= 0.3 is 6.18 Å². The van der Waals surface area contributed by atoms with E-state index in [1.165, 1.54) is 18.7 Å². The zero-order chi connectivity index (χ0) is 19.7. The Kier molecular flexibility index (Phi) is 5.23. The Balaban J connectivity index is 1.44. The molecular formula is C22H24F3NO2. The molecule has 4 rings (SSSR count). The van der Waals surface area contributed by atoms with E-state index in [0.717, 1.165) is 44.4 Å². The molecule has 1 unspecified atom stereocenters. The molecule has 3 atom stereocenters. The maximum Gasteiger partial charge on any atom is 0.416 e. The van der Waals surface area contributed by atoms with Crippen LogP contribution in [-0.2, 0) is 12.7 Å². The summed E-state index contributed by atoms with van der Waals surface area (Å²) in [4.78, 5) is 2.55. The van der Waals surface area contributed by atoms with E-state index in [9.17, 15) is 13.2 Å². The number of piperidine rings is 1. The van der Waals surface area contributed by atoms with E-state index in [2.05, 4.69) is 29.2 Å². The highest BCUT2D eigenvalue weighted by Crippen LogP contribution is 2.41. The predicted molar refractivity (Wildman–Crippen MR) is 100 cm³/mol. The second-order valence-electron chi connectivity index (χ2n) is 7.62. The number of hydrogen-bond donors (Lipinski definition) is 0. The summed E-state index contributed by atoms with van der Waals surface area (Å²) in [6.07, 6.45) is -0.354. The molecule has 0 saturated carbocycles. The Bertz CT molecular complexity index is 795. The number of alkyl halides is 3. The highest BCUT2D eigenvalue weighted by molar-refractivity contribution is 5.44. The van der Waals surface area contributed by atoms with Gasteiger partial charge < -0.3 is 9.47 Å². The van der Waals surface area contributed by atoms with E-state index in [1.807, 2.05) is 6.07 Å². The van der Waals surface area contributed by atoms with Crippen LogP contribution in [0.2, 0.25) is 0 Å². The highest BCUT2D eigenvalue weighted by atomic mass is 19.4. The second kappa shape index (κ2) is 7.66. The standard InChI is InChI=1S/C22H24F3NO2/c1-27-21-11-16(22(23,24)25)7-10-20(21)28-19-12-17-8-9-18(13-19)26(17)14-15-5-3-2-4-6-15/h2-7,10-11,17-19H,8-9,12-14H2,1H3/t17-,18+,19?. The van der Waals surface area contributed by atoms with Gasteiger partial charge in [-0.15, -0.1) is 0 Å². The summed E-state index contributed by atoms with van der Waals surface area (Å²) < 4.78 is 50.0. The fourth-order valence-electron chi connectivity index (χ4n) is 4.49. The van der Waals surface area contributed by atoms with Crippen molar-refractivity contribution >= 4 is 0 Å². The molecule has 2 aromatic carbocycles. The van der Waals surface area contributed by atoms with Crippen molar-refractivity contribution in [2.45, 2.75) is 56.6 Å². The molecule has 0 spiro atoms. The molecule has 0 N–H and O–H groups in total. The van der Waals surface area contributed by atoms with Crippen molar-refractivity contribution in [2.24, 2.45) is 0 Å². The van der Waals surface area contributed by atoms with Gasteiger partial charge in [-0.1, -0.05) is 30.3 Å². The molecular weight excluding hydrogens is 367 g/mol. The van der Waals surface area contributed by atoms with E-state index < -0.39 is 11.7 Å². The molecule has 0 aliphatic carbocycles. The van der Waals surface area contributed by atoms with Crippen LogP contribution in [0.15, 0.2) is 48.5 Å². The van der Waals surface area contributed by atoms with Gasteiger partial charge in [0.1, 0.15) is 6.10 Å². The first kappa shape index (κ1) is 19.1. The Morgan fingerprint density at radius 2 is 1.64 bits per heavy atom. The second-order valence-corrected chi connectivity index (χ2v) is 7.62.